The van der Waals surface area contributed by atoms with Gasteiger partial charge in [-0.05, 0) is 4.20 Å². The Bertz CT molecular complexity index is 11.6. The van der Waals surface area contributed by atoms with Crippen molar-refractivity contribution in [1.29, 1.82) is 0 Å². The highest BCUT2D eigenvalue weighted by atomic mass is 80.0. The number of hydrogen-bond donors (Lipinski definition) is 1. The van der Waals surface area contributed by atoms with Gasteiger partial charge in [-0.2, -0.15) is 0 Å². The van der Waals surface area contributed by atoms with Gasteiger partial charge in [-0.25, -0.2) is 0 Å². The third-order valence-corrected chi connectivity index (χ3v) is 0. The Morgan fingerprint density at radius 3 is 1.75 bits per heavy atom. The van der Waals surface area contributed by atoms with Crippen LogP contribution in [0.3, 0.4) is 0 Å². The van der Waals surface area contributed by atoms with Crippen molar-refractivity contribution in [1.82, 2.24) is 0 Å². The van der Waals surface area contributed by atoms with Crippen molar-refractivity contribution < 1.29 is 28.8 Å². The van der Waals surface area contributed by atoms with Gasteiger partial charge in [-0.3, -0.25) is 0 Å². The smallest absolute Gasteiger partial charge is 0.372 e. The second-order valence-corrected chi connectivity index (χ2v) is 1.04. The Labute approximate surface area is 29.8 Å². The standard InChI is InChI=1S/BrHO3/c2-1(3)4/h2H/p+1. The van der Waals surface area contributed by atoms with E-state index in [1.807, 2.05) is 0 Å². The molecule has 0 aliphatic heterocycles. The average Bonchev–Trinajstić information content (AvgIpc) is 0.811. The van der Waals surface area contributed by atoms with E-state index in [1.165, 1.54) is 0 Å². The lowest BCUT2D eigenvalue weighted by Crippen LogP contribution is -2.30. The monoisotopic (exact) mass is 129 g/mol. The summed E-state index contributed by atoms with van der Waals surface area (Å²) in [5.74, 6) is 0. The molecule has 0 aromatic rings. The molecule has 3 nitrogen and oxygen atoms in total. The van der Waals surface area contributed by atoms with Crippen molar-refractivity contribution in [2.24, 2.45) is 0 Å². The molecule has 0 radical (unpaired) electrons. The van der Waals surface area contributed by atoms with E-state index >= 15 is 0 Å². The van der Waals surface area contributed by atoms with Crippen molar-refractivity contribution in [2.45, 2.75) is 0 Å². The highest BCUT2D eigenvalue weighted by molar-refractivity contribution is 1.94. The van der Waals surface area contributed by atoms with Crippen LogP contribution in [0.1, 0.15) is 1.43 Å². The molecule has 0 saturated carbocycles. The summed E-state index contributed by atoms with van der Waals surface area (Å²) in [5.41, 5.74) is 0. The fourth-order valence-electron chi connectivity index (χ4n) is 0. The summed E-state index contributed by atoms with van der Waals surface area (Å²) >= 11 is -3.40. The second kappa shape index (κ2) is 1.66. The van der Waals surface area contributed by atoms with E-state index in [-0.39, 0.29) is 1.43 Å². The lowest BCUT2D eigenvalue weighted by molar-refractivity contribution is -1.63. The highest BCUT2D eigenvalue weighted by Gasteiger charge is 1.86. The SMILES string of the molecule is [H+].[O-][Br+2]([O-])O. The maximum atomic E-state index is 8.63. The molecule has 0 aliphatic rings. The molecule has 0 saturated heterocycles. The third-order valence-electron chi connectivity index (χ3n) is 0. The molecule has 1 N–H and O–H groups in total. The van der Waals surface area contributed by atoms with Gasteiger partial charge in [0.25, 0.3) is 0 Å². The van der Waals surface area contributed by atoms with Gasteiger partial charge < -0.3 is 8.40 Å². The summed E-state index contributed by atoms with van der Waals surface area (Å²) in [4.78, 5) is 0. The molecule has 0 amide bonds. The first-order valence-corrected chi connectivity index (χ1v) is 2.48. The summed E-state index contributed by atoms with van der Waals surface area (Å²) < 4.78 is 24.3. The normalized spacial score (nSPS) is 9.00. The lowest BCUT2D eigenvalue weighted by atomic mass is 16.0. The zero-order valence-corrected chi connectivity index (χ0v) is 3.23. The lowest BCUT2D eigenvalue weighted by Gasteiger charge is -1.69. The molecule has 0 aliphatic carbocycles. The number of halogens is 1. The molecule has 4 heavy (non-hydrogen) atoms. The zero-order valence-electron chi connectivity index (χ0n) is 2.64. The van der Waals surface area contributed by atoms with Gasteiger partial charge in [0.1, 0.15) is 0 Å². The number of rotatable bonds is 0. The quantitative estimate of drug-likeness (QED) is 0.384. The Morgan fingerprint density at radius 1 is 1.75 bits per heavy atom. The van der Waals surface area contributed by atoms with E-state index in [0.29, 0.717) is 0 Å². The fraction of sp³-hybridized carbons (Fsp3) is 0. The van der Waals surface area contributed by atoms with Crippen LogP contribution >= 0.6 is 0 Å². The van der Waals surface area contributed by atoms with Crippen LogP contribution in [0.5, 0.6) is 0 Å². The first-order valence-electron chi connectivity index (χ1n) is 0.478. The molecule has 0 atom stereocenters. The largest absolute Gasteiger partial charge is 1.00 e. The van der Waals surface area contributed by atoms with E-state index < -0.39 is 14.8 Å². The van der Waals surface area contributed by atoms with Crippen molar-refractivity contribution >= 4 is 0 Å². The van der Waals surface area contributed by atoms with E-state index in [0.717, 1.165) is 0 Å². The minimum Gasteiger partial charge on any atom is -0.372 e. The summed E-state index contributed by atoms with van der Waals surface area (Å²) in [5, 5.41) is 0. The van der Waals surface area contributed by atoms with Crippen LogP contribution in [0.4, 0.5) is 0 Å². The molecule has 0 heterocycles. The molecule has 0 bridgehead atoms. The Kier molecular flexibility index (Phi) is 1.81. The second-order valence-electron chi connectivity index (χ2n) is 0.201. The van der Waals surface area contributed by atoms with Crippen LogP contribution in [-0.2, 0) is 0 Å². The molecule has 0 spiro atoms. The molecule has 0 fully saturated rings. The molecule has 26 valence electrons. The highest BCUT2D eigenvalue weighted by Crippen LogP contribution is 1.38. The Balaban J connectivity index is 0. The van der Waals surface area contributed by atoms with Crippen LogP contribution in [-0.4, -0.2) is 4.20 Å². The summed E-state index contributed by atoms with van der Waals surface area (Å²) in [6.07, 6.45) is 0. The van der Waals surface area contributed by atoms with E-state index in [9.17, 15) is 0 Å². The first-order chi connectivity index (χ1) is 1.73. The van der Waals surface area contributed by atoms with Crippen molar-refractivity contribution in [3.8, 4) is 0 Å². The van der Waals surface area contributed by atoms with Crippen molar-refractivity contribution in [3.05, 3.63) is 0 Å². The third kappa shape index (κ3) is 33.7. The van der Waals surface area contributed by atoms with Crippen LogP contribution in [0.15, 0.2) is 0 Å². The Hall–Kier alpha value is 0.360. The minimum atomic E-state index is -3.40. The Morgan fingerprint density at radius 2 is 1.75 bits per heavy atom. The van der Waals surface area contributed by atoms with E-state index in [4.69, 9.17) is 12.6 Å². The zero-order chi connectivity index (χ0) is 3.58. The van der Waals surface area contributed by atoms with Gasteiger partial charge in [0.15, 0.2) is 0 Å². The van der Waals surface area contributed by atoms with E-state index in [2.05, 4.69) is 0 Å². The summed E-state index contributed by atoms with van der Waals surface area (Å²) in [6, 6.07) is 0. The van der Waals surface area contributed by atoms with Crippen LogP contribution in [0.25, 0.3) is 0 Å². The molecular weight excluding hydrogens is 128 g/mol. The first kappa shape index (κ1) is 4.36. The van der Waals surface area contributed by atoms with Gasteiger partial charge in [0.2, 0.25) is 0 Å². The average molecular weight is 130 g/mol. The van der Waals surface area contributed by atoms with Gasteiger partial charge in [-0.1, -0.05) is 0 Å². The summed E-state index contributed by atoms with van der Waals surface area (Å²) in [6.45, 7) is 0. The molecule has 0 unspecified atom stereocenters. The van der Waals surface area contributed by atoms with Crippen molar-refractivity contribution in [3.63, 3.8) is 0 Å². The van der Waals surface area contributed by atoms with Crippen LogP contribution < -0.4 is 8.40 Å². The van der Waals surface area contributed by atoms with Crippen LogP contribution in [0.2, 0.25) is 0 Å². The molecule has 0 rings (SSSR count). The predicted molar refractivity (Wildman–Crippen MR) is 3.33 cm³/mol. The fourth-order valence-corrected chi connectivity index (χ4v) is 0. The number of hydrogen-bond acceptors (Lipinski definition) is 3. The van der Waals surface area contributed by atoms with Gasteiger partial charge in [0, 0.05) is 0 Å². The molecule has 4 heteroatoms. The van der Waals surface area contributed by atoms with Crippen molar-refractivity contribution in [2.75, 3.05) is 0 Å². The maximum absolute atomic E-state index is 8.63. The molecule has 0 aromatic carbocycles. The van der Waals surface area contributed by atoms with E-state index in [1.54, 1.807) is 0 Å². The summed E-state index contributed by atoms with van der Waals surface area (Å²) in [7, 11) is 0. The topological polar surface area (TPSA) is 66.3 Å². The molecule has 0 aromatic heterocycles. The van der Waals surface area contributed by atoms with Crippen LogP contribution in [0, 0.1) is 14.8 Å². The van der Waals surface area contributed by atoms with Gasteiger partial charge in [-0.15, -0.1) is 0 Å². The molecular formula is H2BrO3+. The maximum Gasteiger partial charge on any atom is 1.00 e. The van der Waals surface area contributed by atoms with Gasteiger partial charge in [0.05, 0.1) is 0 Å². The van der Waals surface area contributed by atoms with Gasteiger partial charge >= 0.3 is 16.2 Å². The predicted octanol–water partition coefficient (Wildman–Crippen LogP) is -2.82. The minimum absolute atomic E-state index is 0.